The minimum absolute atomic E-state index is 0.240. The van der Waals surface area contributed by atoms with Crippen LogP contribution in [0.15, 0.2) is 69.9 Å². The van der Waals surface area contributed by atoms with Crippen molar-refractivity contribution in [1.29, 1.82) is 0 Å². The Kier molecular flexibility index (Phi) is 6.22. The van der Waals surface area contributed by atoms with E-state index in [1.807, 2.05) is 30.3 Å². The number of aryl methyl sites for hydroxylation is 2. The highest BCUT2D eigenvalue weighted by molar-refractivity contribution is 7.15. The van der Waals surface area contributed by atoms with Gasteiger partial charge < -0.3 is 9.15 Å². The summed E-state index contributed by atoms with van der Waals surface area (Å²) in [6.45, 7) is -0.179. The number of aromatic nitrogens is 1. The van der Waals surface area contributed by atoms with E-state index in [9.17, 15) is 14.4 Å². The number of esters is 1. The maximum Gasteiger partial charge on any atom is 0.374 e. The summed E-state index contributed by atoms with van der Waals surface area (Å²) in [5.41, 5.74) is 1.93. The molecular weight excluding hydrogens is 452 g/mol. The van der Waals surface area contributed by atoms with Crippen molar-refractivity contribution in [2.24, 2.45) is 0 Å². The summed E-state index contributed by atoms with van der Waals surface area (Å²) in [6, 6.07) is 17.3. The van der Waals surface area contributed by atoms with E-state index in [4.69, 9.17) is 14.1 Å². The van der Waals surface area contributed by atoms with E-state index < -0.39 is 18.5 Å². The van der Waals surface area contributed by atoms with Crippen LogP contribution in [0.4, 0.5) is 5.13 Å². The fraction of sp³-hybridized carbons (Fsp3) is 0.231. The van der Waals surface area contributed by atoms with Gasteiger partial charge in [-0.05, 0) is 43.4 Å². The fourth-order valence-electron chi connectivity index (χ4n) is 3.96. The molecule has 0 bridgehead atoms. The SMILES string of the molecule is O=C(OCC(=O)N(Cc1ccccc1)c1nc2c(s1)CCCC2)c1cc(=O)c2ccccc2o1. The van der Waals surface area contributed by atoms with E-state index in [1.54, 1.807) is 29.2 Å². The lowest BCUT2D eigenvalue weighted by Gasteiger charge is -2.20. The van der Waals surface area contributed by atoms with Crippen LogP contribution in [0.5, 0.6) is 0 Å². The third-order valence-electron chi connectivity index (χ3n) is 5.71. The number of anilines is 1. The van der Waals surface area contributed by atoms with Crippen LogP contribution in [0.3, 0.4) is 0 Å². The van der Waals surface area contributed by atoms with Crippen LogP contribution >= 0.6 is 11.3 Å². The van der Waals surface area contributed by atoms with Gasteiger partial charge >= 0.3 is 5.97 Å². The first-order valence-electron chi connectivity index (χ1n) is 11.1. The van der Waals surface area contributed by atoms with Crippen molar-refractivity contribution in [2.75, 3.05) is 11.5 Å². The van der Waals surface area contributed by atoms with Crippen molar-refractivity contribution < 1.29 is 18.7 Å². The third-order valence-corrected chi connectivity index (χ3v) is 6.89. The van der Waals surface area contributed by atoms with Crippen LogP contribution in [-0.2, 0) is 28.9 Å². The van der Waals surface area contributed by atoms with Gasteiger partial charge in [0.15, 0.2) is 17.2 Å². The molecule has 0 N–H and O–H groups in total. The van der Waals surface area contributed by atoms with Crippen LogP contribution in [0.2, 0.25) is 0 Å². The monoisotopic (exact) mass is 474 g/mol. The molecule has 1 aliphatic rings. The number of benzene rings is 2. The summed E-state index contributed by atoms with van der Waals surface area (Å²) in [4.78, 5) is 45.6. The number of nitrogens with zero attached hydrogens (tertiary/aromatic N) is 2. The fourth-order valence-corrected chi connectivity index (χ4v) is 5.13. The molecule has 4 aromatic rings. The van der Waals surface area contributed by atoms with Gasteiger partial charge in [0.2, 0.25) is 5.76 Å². The molecule has 7 nitrogen and oxygen atoms in total. The predicted molar refractivity (Wildman–Crippen MR) is 129 cm³/mol. The molecule has 172 valence electrons. The minimum atomic E-state index is -0.866. The van der Waals surface area contributed by atoms with Gasteiger partial charge in [0, 0.05) is 10.9 Å². The molecule has 0 atom stereocenters. The molecular formula is C26H22N2O5S. The number of carbonyl (C=O) groups excluding carboxylic acids is 2. The van der Waals surface area contributed by atoms with Gasteiger partial charge in [0.1, 0.15) is 5.58 Å². The van der Waals surface area contributed by atoms with E-state index in [0.29, 0.717) is 17.1 Å². The molecule has 0 radical (unpaired) electrons. The predicted octanol–water partition coefficient (Wildman–Crippen LogP) is 4.52. The Morgan fingerprint density at radius 3 is 2.62 bits per heavy atom. The largest absolute Gasteiger partial charge is 0.450 e. The normalized spacial score (nSPS) is 12.8. The zero-order valence-electron chi connectivity index (χ0n) is 18.4. The molecule has 1 aliphatic carbocycles. The summed E-state index contributed by atoms with van der Waals surface area (Å²) >= 11 is 1.52. The Morgan fingerprint density at radius 2 is 1.79 bits per heavy atom. The zero-order valence-corrected chi connectivity index (χ0v) is 19.2. The number of ether oxygens (including phenoxy) is 1. The van der Waals surface area contributed by atoms with Crippen LogP contribution < -0.4 is 10.3 Å². The summed E-state index contributed by atoms with van der Waals surface area (Å²) in [5.74, 6) is -1.50. The summed E-state index contributed by atoms with van der Waals surface area (Å²) < 4.78 is 10.8. The van der Waals surface area contributed by atoms with Gasteiger partial charge in [-0.1, -0.05) is 42.5 Å². The number of amides is 1. The average molecular weight is 475 g/mol. The molecule has 8 heteroatoms. The van der Waals surface area contributed by atoms with E-state index in [-0.39, 0.29) is 16.8 Å². The maximum atomic E-state index is 13.2. The lowest BCUT2D eigenvalue weighted by Crippen LogP contribution is -2.34. The van der Waals surface area contributed by atoms with Crippen molar-refractivity contribution >= 4 is 39.3 Å². The smallest absolute Gasteiger partial charge is 0.374 e. The Bertz CT molecular complexity index is 1390. The summed E-state index contributed by atoms with van der Waals surface area (Å²) in [6.07, 6.45) is 4.10. The second-order valence-electron chi connectivity index (χ2n) is 8.09. The highest BCUT2D eigenvalue weighted by Crippen LogP contribution is 2.32. The highest BCUT2D eigenvalue weighted by Gasteiger charge is 2.25. The van der Waals surface area contributed by atoms with Crippen molar-refractivity contribution in [3.05, 3.63) is 92.8 Å². The summed E-state index contributed by atoms with van der Waals surface area (Å²) in [5, 5.41) is 0.978. The van der Waals surface area contributed by atoms with Gasteiger partial charge in [-0.2, -0.15) is 0 Å². The second kappa shape index (κ2) is 9.61. The molecule has 5 rings (SSSR count). The van der Waals surface area contributed by atoms with Crippen LogP contribution in [0.1, 0.15) is 39.5 Å². The Balaban J connectivity index is 1.35. The molecule has 0 saturated heterocycles. The molecule has 0 unspecified atom stereocenters. The van der Waals surface area contributed by atoms with Crippen molar-refractivity contribution in [3.63, 3.8) is 0 Å². The lowest BCUT2D eigenvalue weighted by atomic mass is 10.0. The summed E-state index contributed by atoms with van der Waals surface area (Å²) in [7, 11) is 0. The molecule has 1 amide bonds. The first kappa shape index (κ1) is 22.0. The number of rotatable bonds is 6. The van der Waals surface area contributed by atoms with E-state index in [2.05, 4.69) is 0 Å². The third kappa shape index (κ3) is 4.63. The molecule has 0 fully saturated rings. The van der Waals surface area contributed by atoms with Gasteiger partial charge in [-0.25, -0.2) is 9.78 Å². The van der Waals surface area contributed by atoms with E-state index >= 15 is 0 Å². The zero-order chi connectivity index (χ0) is 23.5. The molecule has 0 spiro atoms. The minimum Gasteiger partial charge on any atom is -0.450 e. The number of hydrogen-bond acceptors (Lipinski definition) is 7. The van der Waals surface area contributed by atoms with Gasteiger partial charge in [-0.15, -0.1) is 11.3 Å². The number of hydrogen-bond donors (Lipinski definition) is 0. The first-order chi connectivity index (χ1) is 16.6. The average Bonchev–Trinajstić information content (AvgIpc) is 3.30. The highest BCUT2D eigenvalue weighted by atomic mass is 32.1. The number of thiazole rings is 1. The topological polar surface area (TPSA) is 89.7 Å². The van der Waals surface area contributed by atoms with Crippen molar-refractivity contribution in [3.8, 4) is 0 Å². The first-order valence-corrected chi connectivity index (χ1v) is 11.9. The van der Waals surface area contributed by atoms with E-state index in [1.165, 1.54) is 16.2 Å². The molecule has 0 aliphatic heterocycles. The molecule has 2 aromatic carbocycles. The molecule has 34 heavy (non-hydrogen) atoms. The van der Waals surface area contributed by atoms with Gasteiger partial charge in [-0.3, -0.25) is 14.5 Å². The maximum absolute atomic E-state index is 13.2. The van der Waals surface area contributed by atoms with Gasteiger partial charge in [0.25, 0.3) is 5.91 Å². The standard InChI is InChI=1S/C26H22N2O5S/c29-20-14-22(33-21-12-6-4-10-18(20)21)25(31)32-16-24(30)28(15-17-8-2-1-3-9-17)26-27-19-11-5-7-13-23(19)34-26/h1-4,6,8-10,12,14H,5,7,11,13,15-16H2. The van der Waals surface area contributed by atoms with Crippen LogP contribution in [0.25, 0.3) is 11.0 Å². The van der Waals surface area contributed by atoms with Crippen molar-refractivity contribution in [2.45, 2.75) is 32.2 Å². The Hall–Kier alpha value is -3.78. The lowest BCUT2D eigenvalue weighted by molar-refractivity contribution is -0.121. The molecule has 2 heterocycles. The van der Waals surface area contributed by atoms with Crippen LogP contribution in [0, 0.1) is 0 Å². The number of carbonyl (C=O) groups is 2. The Labute approximate surface area is 199 Å². The number of para-hydroxylation sites is 1. The Morgan fingerprint density at radius 1 is 1.03 bits per heavy atom. The second-order valence-corrected chi connectivity index (χ2v) is 9.15. The number of fused-ring (bicyclic) bond motifs is 2. The quantitative estimate of drug-likeness (QED) is 0.382. The van der Waals surface area contributed by atoms with Crippen LogP contribution in [-0.4, -0.2) is 23.5 Å². The molecule has 0 saturated carbocycles. The molecule has 2 aromatic heterocycles. The van der Waals surface area contributed by atoms with Gasteiger partial charge in [0.05, 0.1) is 17.6 Å². The van der Waals surface area contributed by atoms with Crippen molar-refractivity contribution in [1.82, 2.24) is 4.98 Å². The van der Waals surface area contributed by atoms with E-state index in [0.717, 1.165) is 43.0 Å².